The van der Waals surface area contributed by atoms with Crippen molar-refractivity contribution in [1.82, 2.24) is 9.78 Å². The highest BCUT2D eigenvalue weighted by molar-refractivity contribution is 6.03. The molecule has 2 heterocycles. The van der Waals surface area contributed by atoms with Crippen molar-refractivity contribution in [3.8, 4) is 0 Å². The molecule has 0 atom stereocenters. The zero-order valence-electron chi connectivity index (χ0n) is 10.5. The van der Waals surface area contributed by atoms with Gasteiger partial charge in [-0.05, 0) is 19.9 Å². The highest BCUT2D eigenvalue weighted by atomic mass is 16.4. The van der Waals surface area contributed by atoms with Crippen molar-refractivity contribution in [1.29, 1.82) is 0 Å². The minimum absolute atomic E-state index is 0.346. The normalized spacial score (nSPS) is 11.3. The van der Waals surface area contributed by atoms with E-state index in [1.54, 1.807) is 0 Å². The molecular formula is C12H13N3O4. The Bertz CT molecular complexity index is 598. The maximum atomic E-state index is 11.7. The summed E-state index contributed by atoms with van der Waals surface area (Å²) >= 11 is 0. The third-order valence-electron chi connectivity index (χ3n) is 2.72. The van der Waals surface area contributed by atoms with E-state index in [9.17, 15) is 9.59 Å². The van der Waals surface area contributed by atoms with Gasteiger partial charge < -0.3 is 14.8 Å². The average molecular weight is 263 g/mol. The lowest BCUT2D eigenvalue weighted by atomic mass is 10.1. The van der Waals surface area contributed by atoms with Gasteiger partial charge in [-0.25, -0.2) is 4.79 Å². The maximum Gasteiger partial charge on any atom is 0.331 e. The number of aliphatic carboxylic acids is 1. The molecule has 0 fully saturated rings. The van der Waals surface area contributed by atoms with Crippen molar-refractivity contribution in [2.24, 2.45) is 0 Å². The van der Waals surface area contributed by atoms with Gasteiger partial charge in [-0.2, -0.15) is 5.10 Å². The third kappa shape index (κ3) is 2.49. The Kier molecular flexibility index (Phi) is 3.12. The fraction of sp³-hybridized carbons (Fsp3) is 0.250. The maximum absolute atomic E-state index is 11.7. The largest absolute Gasteiger partial charge is 0.479 e. The first-order valence-electron chi connectivity index (χ1n) is 5.53. The molecule has 1 amide bonds. The van der Waals surface area contributed by atoms with Crippen LogP contribution in [0.4, 0.5) is 5.69 Å². The SMILES string of the molecule is CC(C)(C(=O)O)n1cc(NC(=O)c2ccoc2)cn1. The molecule has 0 saturated carbocycles. The van der Waals surface area contributed by atoms with Gasteiger partial charge in [0, 0.05) is 6.20 Å². The van der Waals surface area contributed by atoms with Gasteiger partial charge in [-0.15, -0.1) is 0 Å². The van der Waals surface area contributed by atoms with E-state index in [0.717, 1.165) is 0 Å². The predicted molar refractivity (Wildman–Crippen MR) is 65.8 cm³/mol. The van der Waals surface area contributed by atoms with Gasteiger partial charge in [-0.3, -0.25) is 9.48 Å². The fourth-order valence-electron chi connectivity index (χ4n) is 1.39. The Morgan fingerprint density at radius 2 is 2.21 bits per heavy atom. The summed E-state index contributed by atoms with van der Waals surface area (Å²) in [5, 5.41) is 15.6. The number of nitrogens with one attached hydrogen (secondary N) is 1. The second-order valence-corrected chi connectivity index (χ2v) is 4.50. The van der Waals surface area contributed by atoms with E-state index in [2.05, 4.69) is 10.4 Å². The van der Waals surface area contributed by atoms with E-state index in [1.165, 1.54) is 49.5 Å². The van der Waals surface area contributed by atoms with E-state index in [1.807, 2.05) is 0 Å². The predicted octanol–water partition coefficient (Wildman–Crippen LogP) is 1.55. The number of furan rings is 1. The molecule has 2 aromatic rings. The fourth-order valence-corrected chi connectivity index (χ4v) is 1.39. The van der Waals surface area contributed by atoms with E-state index in [-0.39, 0.29) is 5.91 Å². The number of hydrogen-bond acceptors (Lipinski definition) is 4. The molecule has 0 radical (unpaired) electrons. The molecule has 2 aromatic heterocycles. The van der Waals surface area contributed by atoms with Crippen molar-refractivity contribution in [3.05, 3.63) is 36.5 Å². The topological polar surface area (TPSA) is 97.4 Å². The van der Waals surface area contributed by atoms with Crippen molar-refractivity contribution < 1.29 is 19.1 Å². The van der Waals surface area contributed by atoms with Gasteiger partial charge in [0.2, 0.25) is 0 Å². The molecule has 0 saturated heterocycles. The Labute approximate surface area is 108 Å². The number of hydrogen-bond donors (Lipinski definition) is 2. The molecule has 0 aliphatic heterocycles. The van der Waals surface area contributed by atoms with Crippen molar-refractivity contribution in [2.45, 2.75) is 19.4 Å². The average Bonchev–Trinajstić information content (AvgIpc) is 2.99. The number of rotatable bonds is 4. The van der Waals surface area contributed by atoms with Crippen LogP contribution in [0.25, 0.3) is 0 Å². The third-order valence-corrected chi connectivity index (χ3v) is 2.72. The van der Waals surface area contributed by atoms with E-state index in [4.69, 9.17) is 9.52 Å². The summed E-state index contributed by atoms with van der Waals surface area (Å²) in [5.41, 5.74) is -0.385. The summed E-state index contributed by atoms with van der Waals surface area (Å²) < 4.78 is 6.08. The molecule has 0 aromatic carbocycles. The molecule has 7 heteroatoms. The number of aromatic nitrogens is 2. The Hall–Kier alpha value is -2.57. The molecule has 0 unspecified atom stereocenters. The first-order valence-corrected chi connectivity index (χ1v) is 5.53. The van der Waals surface area contributed by atoms with Crippen LogP contribution in [0.3, 0.4) is 0 Å². The van der Waals surface area contributed by atoms with E-state index in [0.29, 0.717) is 11.3 Å². The van der Waals surface area contributed by atoms with Crippen LogP contribution < -0.4 is 5.32 Å². The number of carboxylic acids is 1. The van der Waals surface area contributed by atoms with Crippen LogP contribution >= 0.6 is 0 Å². The van der Waals surface area contributed by atoms with Gasteiger partial charge in [0.05, 0.1) is 23.7 Å². The first-order chi connectivity index (χ1) is 8.91. The second-order valence-electron chi connectivity index (χ2n) is 4.50. The van der Waals surface area contributed by atoms with Crippen LogP contribution in [0, 0.1) is 0 Å². The van der Waals surface area contributed by atoms with Crippen molar-refractivity contribution in [2.75, 3.05) is 5.32 Å². The molecule has 0 spiro atoms. The summed E-state index contributed by atoms with van der Waals surface area (Å²) in [6, 6.07) is 1.53. The van der Waals surface area contributed by atoms with Crippen LogP contribution in [-0.4, -0.2) is 26.8 Å². The van der Waals surface area contributed by atoms with Gasteiger partial charge >= 0.3 is 5.97 Å². The lowest BCUT2D eigenvalue weighted by molar-refractivity contribution is -0.146. The van der Waals surface area contributed by atoms with Crippen LogP contribution in [-0.2, 0) is 10.3 Å². The number of amides is 1. The molecule has 100 valence electrons. The van der Waals surface area contributed by atoms with Gasteiger partial charge in [0.15, 0.2) is 5.54 Å². The molecule has 19 heavy (non-hydrogen) atoms. The molecule has 7 nitrogen and oxygen atoms in total. The lowest BCUT2D eigenvalue weighted by Crippen LogP contribution is -2.35. The molecule has 2 rings (SSSR count). The molecule has 0 bridgehead atoms. The van der Waals surface area contributed by atoms with Crippen molar-refractivity contribution in [3.63, 3.8) is 0 Å². The standard InChI is InChI=1S/C12H13N3O4/c1-12(2,11(17)18)15-6-9(5-13-15)14-10(16)8-3-4-19-7-8/h3-7H,1-2H3,(H,14,16)(H,17,18). The Balaban J connectivity index is 2.14. The summed E-state index contributed by atoms with van der Waals surface area (Å²) in [6.07, 6.45) is 5.57. The van der Waals surface area contributed by atoms with Crippen LogP contribution in [0.2, 0.25) is 0 Å². The zero-order valence-corrected chi connectivity index (χ0v) is 10.5. The zero-order chi connectivity index (χ0) is 14.0. The number of carboxylic acid groups (broad SMARTS) is 1. The first kappa shape index (κ1) is 12.9. The monoisotopic (exact) mass is 263 g/mol. The highest BCUT2D eigenvalue weighted by Crippen LogP contribution is 2.17. The summed E-state index contributed by atoms with van der Waals surface area (Å²) in [4.78, 5) is 22.8. The van der Waals surface area contributed by atoms with Crippen LogP contribution in [0.1, 0.15) is 24.2 Å². The number of anilines is 1. The van der Waals surface area contributed by atoms with Gasteiger partial charge in [-0.1, -0.05) is 0 Å². The Morgan fingerprint density at radius 1 is 1.47 bits per heavy atom. The Morgan fingerprint density at radius 3 is 2.79 bits per heavy atom. The van der Waals surface area contributed by atoms with Crippen LogP contribution in [0.5, 0.6) is 0 Å². The van der Waals surface area contributed by atoms with Crippen molar-refractivity contribution >= 4 is 17.6 Å². The molecule has 2 N–H and O–H groups in total. The van der Waals surface area contributed by atoms with Gasteiger partial charge in [0.25, 0.3) is 5.91 Å². The molecular weight excluding hydrogens is 250 g/mol. The van der Waals surface area contributed by atoms with E-state index < -0.39 is 11.5 Å². The minimum Gasteiger partial charge on any atom is -0.479 e. The summed E-state index contributed by atoms with van der Waals surface area (Å²) in [5.74, 6) is -1.36. The number of carbonyl (C=O) groups is 2. The summed E-state index contributed by atoms with van der Waals surface area (Å²) in [7, 11) is 0. The summed E-state index contributed by atoms with van der Waals surface area (Å²) in [6.45, 7) is 3.04. The number of carbonyl (C=O) groups excluding carboxylic acids is 1. The van der Waals surface area contributed by atoms with Gasteiger partial charge in [0.1, 0.15) is 6.26 Å². The second kappa shape index (κ2) is 4.60. The van der Waals surface area contributed by atoms with Crippen LogP contribution in [0.15, 0.2) is 35.4 Å². The quantitative estimate of drug-likeness (QED) is 0.872. The highest BCUT2D eigenvalue weighted by Gasteiger charge is 2.30. The number of nitrogens with zero attached hydrogens (tertiary/aromatic N) is 2. The van der Waals surface area contributed by atoms with E-state index >= 15 is 0 Å². The minimum atomic E-state index is -1.18. The molecule has 0 aliphatic rings. The smallest absolute Gasteiger partial charge is 0.331 e. The lowest BCUT2D eigenvalue weighted by Gasteiger charge is -2.19. The molecule has 0 aliphatic carbocycles.